The molecule has 5 heteroatoms. The molecular formula is C15H22ClNO3. The Balaban J connectivity index is 2.29. The van der Waals surface area contributed by atoms with Gasteiger partial charge in [-0.15, -0.1) is 0 Å². The van der Waals surface area contributed by atoms with Crippen molar-refractivity contribution in [2.24, 2.45) is 5.73 Å². The number of ether oxygens (including phenoxy) is 3. The first-order valence-electron chi connectivity index (χ1n) is 7.13. The van der Waals surface area contributed by atoms with Crippen LogP contribution in [0.2, 0.25) is 5.02 Å². The molecule has 0 aromatic heterocycles. The number of hydrogen-bond donors (Lipinski definition) is 1. The lowest BCUT2D eigenvalue weighted by Gasteiger charge is -2.22. The van der Waals surface area contributed by atoms with Crippen molar-refractivity contribution < 1.29 is 14.2 Å². The average Bonchev–Trinajstić information content (AvgIpc) is 2.95. The van der Waals surface area contributed by atoms with Gasteiger partial charge in [-0.2, -0.15) is 0 Å². The first-order valence-corrected chi connectivity index (χ1v) is 7.51. The molecule has 0 radical (unpaired) electrons. The minimum absolute atomic E-state index is 0.0277. The molecule has 20 heavy (non-hydrogen) atoms. The molecule has 1 heterocycles. The predicted octanol–water partition coefficient (Wildman–Crippen LogP) is 3.32. The maximum Gasteiger partial charge on any atom is 0.162 e. The van der Waals surface area contributed by atoms with Crippen LogP contribution in [0.4, 0.5) is 0 Å². The van der Waals surface area contributed by atoms with Gasteiger partial charge in [0.2, 0.25) is 0 Å². The Morgan fingerprint density at radius 2 is 1.95 bits per heavy atom. The molecule has 1 fully saturated rings. The summed E-state index contributed by atoms with van der Waals surface area (Å²) in [6, 6.07) is 3.42. The summed E-state index contributed by atoms with van der Waals surface area (Å²) < 4.78 is 16.8. The zero-order valence-corrected chi connectivity index (χ0v) is 12.8. The predicted molar refractivity (Wildman–Crippen MR) is 79.7 cm³/mol. The van der Waals surface area contributed by atoms with E-state index in [1.807, 2.05) is 19.9 Å². The van der Waals surface area contributed by atoms with E-state index in [9.17, 15) is 0 Å². The second-order valence-corrected chi connectivity index (χ2v) is 5.17. The molecule has 2 atom stereocenters. The normalized spacial score (nSPS) is 19.9. The van der Waals surface area contributed by atoms with Crippen LogP contribution >= 0.6 is 11.6 Å². The van der Waals surface area contributed by atoms with Crippen LogP contribution in [-0.2, 0) is 4.74 Å². The lowest BCUT2D eigenvalue weighted by molar-refractivity contribution is 0.0899. The number of hydrogen-bond acceptors (Lipinski definition) is 4. The van der Waals surface area contributed by atoms with Crippen molar-refractivity contribution in [3.8, 4) is 11.5 Å². The van der Waals surface area contributed by atoms with Crippen LogP contribution in [0.25, 0.3) is 0 Å². The van der Waals surface area contributed by atoms with Crippen LogP contribution in [0.1, 0.15) is 38.3 Å². The Bertz CT molecular complexity index is 447. The summed E-state index contributed by atoms with van der Waals surface area (Å²) in [6.45, 7) is 5.76. The Hall–Kier alpha value is -0.970. The van der Waals surface area contributed by atoms with E-state index >= 15 is 0 Å². The first-order chi connectivity index (χ1) is 9.67. The summed E-state index contributed by atoms with van der Waals surface area (Å²) in [5.74, 6) is 1.34. The van der Waals surface area contributed by atoms with Gasteiger partial charge in [-0.3, -0.25) is 0 Å². The molecule has 4 nitrogen and oxygen atoms in total. The third-order valence-corrected chi connectivity index (χ3v) is 3.71. The maximum atomic E-state index is 6.34. The highest BCUT2D eigenvalue weighted by Gasteiger charge is 2.27. The quantitative estimate of drug-likeness (QED) is 0.875. The summed E-state index contributed by atoms with van der Waals surface area (Å²) in [6.07, 6.45) is 2.04. The smallest absolute Gasteiger partial charge is 0.162 e. The van der Waals surface area contributed by atoms with Crippen molar-refractivity contribution in [2.45, 2.75) is 38.8 Å². The summed E-state index contributed by atoms with van der Waals surface area (Å²) in [7, 11) is 0. The van der Waals surface area contributed by atoms with Crippen LogP contribution in [0.15, 0.2) is 12.1 Å². The fourth-order valence-electron chi connectivity index (χ4n) is 2.43. The van der Waals surface area contributed by atoms with Crippen LogP contribution in [0.3, 0.4) is 0 Å². The molecule has 112 valence electrons. The molecule has 0 aliphatic carbocycles. The molecule has 0 saturated carbocycles. The topological polar surface area (TPSA) is 53.7 Å². The second kappa shape index (κ2) is 7.16. The number of halogens is 1. The third-order valence-electron chi connectivity index (χ3n) is 3.39. The van der Waals surface area contributed by atoms with Gasteiger partial charge in [0.15, 0.2) is 11.5 Å². The Morgan fingerprint density at radius 1 is 1.30 bits per heavy atom. The third kappa shape index (κ3) is 3.37. The van der Waals surface area contributed by atoms with E-state index in [4.69, 9.17) is 31.5 Å². The minimum Gasteiger partial charge on any atom is -0.490 e. The van der Waals surface area contributed by atoms with E-state index in [1.54, 1.807) is 6.07 Å². The summed E-state index contributed by atoms with van der Waals surface area (Å²) in [5, 5.41) is 0.597. The van der Waals surface area contributed by atoms with Gasteiger partial charge in [0.05, 0.1) is 25.4 Å². The van der Waals surface area contributed by atoms with Crippen molar-refractivity contribution >= 4 is 11.6 Å². The SMILES string of the molecule is CCOc1cc(Cl)c(C(N)C2CCCO2)cc1OCC. The molecule has 2 rings (SSSR count). The van der Waals surface area contributed by atoms with Crippen molar-refractivity contribution in [2.75, 3.05) is 19.8 Å². The van der Waals surface area contributed by atoms with Gasteiger partial charge in [0.1, 0.15) is 0 Å². The van der Waals surface area contributed by atoms with Gasteiger partial charge in [-0.05, 0) is 38.3 Å². The largest absolute Gasteiger partial charge is 0.490 e. The monoisotopic (exact) mass is 299 g/mol. The van der Waals surface area contributed by atoms with Gasteiger partial charge >= 0.3 is 0 Å². The highest BCUT2D eigenvalue weighted by molar-refractivity contribution is 6.31. The zero-order valence-electron chi connectivity index (χ0n) is 12.0. The number of rotatable bonds is 6. The zero-order chi connectivity index (χ0) is 14.5. The summed E-state index contributed by atoms with van der Waals surface area (Å²) in [4.78, 5) is 0. The molecule has 2 N–H and O–H groups in total. The molecule has 0 bridgehead atoms. The van der Waals surface area contributed by atoms with Crippen LogP contribution in [0, 0.1) is 0 Å². The standard InChI is InChI=1S/C15H22ClNO3/c1-3-18-13-8-10(11(16)9-14(13)19-4-2)15(17)12-6-5-7-20-12/h8-9,12,15H,3-7,17H2,1-2H3. The number of nitrogens with two attached hydrogens (primary N) is 1. The van der Waals surface area contributed by atoms with Gasteiger partial charge in [0, 0.05) is 17.7 Å². The Morgan fingerprint density at radius 3 is 2.50 bits per heavy atom. The van der Waals surface area contributed by atoms with E-state index in [2.05, 4.69) is 0 Å². The Kier molecular flexibility index (Phi) is 5.52. The van der Waals surface area contributed by atoms with E-state index in [0.29, 0.717) is 29.7 Å². The molecule has 1 aromatic rings. The molecule has 1 saturated heterocycles. The van der Waals surface area contributed by atoms with Gasteiger partial charge in [-0.1, -0.05) is 11.6 Å². The molecule has 1 aromatic carbocycles. The molecular weight excluding hydrogens is 278 g/mol. The highest BCUT2D eigenvalue weighted by atomic mass is 35.5. The molecule has 0 amide bonds. The molecule has 2 unspecified atom stereocenters. The van der Waals surface area contributed by atoms with E-state index in [0.717, 1.165) is 25.0 Å². The molecule has 0 spiro atoms. The van der Waals surface area contributed by atoms with Gasteiger partial charge < -0.3 is 19.9 Å². The molecule has 1 aliphatic heterocycles. The maximum absolute atomic E-state index is 6.34. The highest BCUT2D eigenvalue weighted by Crippen LogP contribution is 2.38. The van der Waals surface area contributed by atoms with Gasteiger partial charge in [-0.25, -0.2) is 0 Å². The second-order valence-electron chi connectivity index (χ2n) is 4.76. The van der Waals surface area contributed by atoms with E-state index in [-0.39, 0.29) is 12.1 Å². The summed E-state index contributed by atoms with van der Waals surface area (Å²) in [5.41, 5.74) is 7.14. The van der Waals surface area contributed by atoms with E-state index in [1.165, 1.54) is 0 Å². The fraction of sp³-hybridized carbons (Fsp3) is 0.600. The fourth-order valence-corrected chi connectivity index (χ4v) is 2.71. The Labute approximate surface area is 125 Å². The first kappa shape index (κ1) is 15.4. The van der Waals surface area contributed by atoms with Crippen LogP contribution in [0.5, 0.6) is 11.5 Å². The van der Waals surface area contributed by atoms with Crippen molar-refractivity contribution in [1.29, 1.82) is 0 Å². The van der Waals surface area contributed by atoms with Gasteiger partial charge in [0.25, 0.3) is 0 Å². The summed E-state index contributed by atoms with van der Waals surface area (Å²) >= 11 is 6.34. The van der Waals surface area contributed by atoms with Crippen molar-refractivity contribution in [1.82, 2.24) is 0 Å². The van der Waals surface area contributed by atoms with Crippen LogP contribution in [-0.4, -0.2) is 25.9 Å². The van der Waals surface area contributed by atoms with Crippen molar-refractivity contribution in [3.05, 3.63) is 22.7 Å². The lowest BCUT2D eigenvalue weighted by atomic mass is 9.99. The number of benzene rings is 1. The molecule has 1 aliphatic rings. The average molecular weight is 300 g/mol. The van der Waals surface area contributed by atoms with Crippen molar-refractivity contribution in [3.63, 3.8) is 0 Å². The van der Waals surface area contributed by atoms with Crippen LogP contribution < -0.4 is 15.2 Å². The van der Waals surface area contributed by atoms with E-state index < -0.39 is 0 Å². The minimum atomic E-state index is -0.236. The lowest BCUT2D eigenvalue weighted by Crippen LogP contribution is -2.25.